The summed E-state index contributed by atoms with van der Waals surface area (Å²) in [7, 11) is 0. The van der Waals surface area contributed by atoms with Crippen LogP contribution in [0.2, 0.25) is 0 Å². The Morgan fingerprint density at radius 2 is 1.86 bits per heavy atom. The number of Topliss-reactive ketones (excluding diaryl/α,β-unsaturated/α-hetero) is 1. The molecule has 0 saturated carbocycles. The van der Waals surface area contributed by atoms with Gasteiger partial charge in [-0.25, -0.2) is 9.59 Å². The Balaban J connectivity index is 2.65. The minimum atomic E-state index is -1.12. The number of esters is 1. The summed E-state index contributed by atoms with van der Waals surface area (Å²) in [5.41, 5.74) is -0.941. The van der Waals surface area contributed by atoms with Gasteiger partial charge in [0.1, 0.15) is 22.6 Å². The predicted molar refractivity (Wildman–Crippen MR) is 77.8 cm³/mol. The lowest BCUT2D eigenvalue weighted by Crippen LogP contribution is -2.20. The molecular weight excluding hydrogens is 288 g/mol. The van der Waals surface area contributed by atoms with Crippen LogP contribution in [0.5, 0.6) is 5.75 Å². The summed E-state index contributed by atoms with van der Waals surface area (Å²) >= 11 is 0. The van der Waals surface area contributed by atoms with E-state index in [4.69, 9.17) is 4.42 Å². The highest BCUT2D eigenvalue weighted by Crippen LogP contribution is 2.31. The molecule has 0 aliphatic heterocycles. The molecule has 0 bridgehead atoms. The van der Waals surface area contributed by atoms with Crippen molar-refractivity contribution in [2.45, 2.75) is 13.8 Å². The number of ketones is 1. The van der Waals surface area contributed by atoms with Crippen LogP contribution < -0.4 is 5.63 Å². The SMILES string of the molecule is CCOC(=O)C(=O)c1c(C)oc(=O)c(-c2ccccc2)c1O. The molecule has 2 rings (SSSR count). The number of carbonyl (C=O) groups is 2. The zero-order valence-electron chi connectivity index (χ0n) is 12.1. The highest BCUT2D eigenvalue weighted by molar-refractivity contribution is 6.41. The molecule has 2 aromatic rings. The Morgan fingerprint density at radius 3 is 2.45 bits per heavy atom. The second-order valence-electron chi connectivity index (χ2n) is 4.46. The van der Waals surface area contributed by atoms with E-state index in [0.29, 0.717) is 5.56 Å². The first-order chi connectivity index (χ1) is 10.5. The number of hydrogen-bond acceptors (Lipinski definition) is 6. The third-order valence-corrected chi connectivity index (χ3v) is 3.03. The molecule has 0 saturated heterocycles. The fraction of sp³-hybridized carbons (Fsp3) is 0.188. The molecular formula is C16H14O6. The summed E-state index contributed by atoms with van der Waals surface area (Å²) < 4.78 is 9.60. The van der Waals surface area contributed by atoms with Crippen molar-refractivity contribution in [1.82, 2.24) is 0 Å². The van der Waals surface area contributed by atoms with Crippen LogP contribution in [0.15, 0.2) is 39.5 Å². The summed E-state index contributed by atoms with van der Waals surface area (Å²) in [5, 5.41) is 10.3. The lowest BCUT2D eigenvalue weighted by Gasteiger charge is -2.10. The van der Waals surface area contributed by atoms with Crippen molar-refractivity contribution in [3.63, 3.8) is 0 Å². The Hall–Kier alpha value is -2.89. The maximum Gasteiger partial charge on any atom is 0.379 e. The lowest BCUT2D eigenvalue weighted by molar-refractivity contribution is -0.137. The van der Waals surface area contributed by atoms with E-state index in [1.165, 1.54) is 6.92 Å². The molecule has 0 unspecified atom stereocenters. The molecule has 1 aromatic carbocycles. The molecule has 114 valence electrons. The van der Waals surface area contributed by atoms with Crippen LogP contribution in [-0.2, 0) is 9.53 Å². The zero-order valence-corrected chi connectivity index (χ0v) is 12.1. The second kappa shape index (κ2) is 6.26. The number of aromatic hydroxyl groups is 1. The van der Waals surface area contributed by atoms with Gasteiger partial charge in [0.2, 0.25) is 0 Å². The van der Waals surface area contributed by atoms with Crippen molar-refractivity contribution in [2.75, 3.05) is 6.61 Å². The standard InChI is InChI=1S/C16H14O6/c1-3-21-16(20)14(18)11-9(2)22-15(19)12(13(11)17)10-7-5-4-6-8-10/h4-8,17H,3H2,1-2H3. The topological polar surface area (TPSA) is 93.8 Å². The van der Waals surface area contributed by atoms with Crippen molar-refractivity contribution < 1.29 is 23.8 Å². The number of ether oxygens (including phenoxy) is 1. The summed E-state index contributed by atoms with van der Waals surface area (Å²) in [6.45, 7) is 2.90. The highest BCUT2D eigenvalue weighted by atomic mass is 16.5. The van der Waals surface area contributed by atoms with Gasteiger partial charge in [-0.05, 0) is 19.4 Å². The van der Waals surface area contributed by atoms with Gasteiger partial charge in [-0.1, -0.05) is 30.3 Å². The maximum atomic E-state index is 12.1. The van der Waals surface area contributed by atoms with Crippen LogP contribution in [0, 0.1) is 6.92 Å². The first-order valence-electron chi connectivity index (χ1n) is 6.60. The fourth-order valence-electron chi connectivity index (χ4n) is 2.06. The van der Waals surface area contributed by atoms with E-state index in [1.807, 2.05) is 0 Å². The number of aryl methyl sites for hydroxylation is 1. The van der Waals surface area contributed by atoms with E-state index in [1.54, 1.807) is 37.3 Å². The summed E-state index contributed by atoms with van der Waals surface area (Å²) in [4.78, 5) is 35.6. The zero-order chi connectivity index (χ0) is 16.3. The van der Waals surface area contributed by atoms with Crippen LogP contribution in [0.4, 0.5) is 0 Å². The molecule has 6 nitrogen and oxygen atoms in total. The van der Waals surface area contributed by atoms with Crippen LogP contribution in [0.1, 0.15) is 23.0 Å². The fourth-order valence-corrected chi connectivity index (χ4v) is 2.06. The van der Waals surface area contributed by atoms with E-state index in [9.17, 15) is 19.5 Å². The van der Waals surface area contributed by atoms with Gasteiger partial charge in [0, 0.05) is 0 Å². The Morgan fingerprint density at radius 1 is 1.23 bits per heavy atom. The molecule has 0 amide bonds. The van der Waals surface area contributed by atoms with Crippen molar-refractivity contribution in [3.05, 3.63) is 52.1 Å². The molecule has 0 atom stereocenters. The monoisotopic (exact) mass is 302 g/mol. The van der Waals surface area contributed by atoms with E-state index < -0.39 is 23.1 Å². The normalized spacial score (nSPS) is 10.3. The lowest BCUT2D eigenvalue weighted by atomic mass is 10.0. The average molecular weight is 302 g/mol. The number of benzene rings is 1. The highest BCUT2D eigenvalue weighted by Gasteiger charge is 2.28. The van der Waals surface area contributed by atoms with Gasteiger partial charge in [0.15, 0.2) is 0 Å². The maximum absolute atomic E-state index is 12.1. The van der Waals surface area contributed by atoms with Crippen LogP contribution >= 0.6 is 0 Å². The molecule has 0 spiro atoms. The van der Waals surface area contributed by atoms with Gasteiger partial charge in [0.05, 0.1) is 6.61 Å². The summed E-state index contributed by atoms with van der Waals surface area (Å²) in [6, 6.07) is 8.24. The number of rotatable bonds is 4. The van der Waals surface area contributed by atoms with Gasteiger partial charge in [-0.15, -0.1) is 0 Å². The molecule has 0 radical (unpaired) electrons. The quantitative estimate of drug-likeness (QED) is 0.528. The molecule has 1 N–H and O–H groups in total. The minimum Gasteiger partial charge on any atom is -0.506 e. The molecule has 1 heterocycles. The molecule has 0 fully saturated rings. The van der Waals surface area contributed by atoms with Gasteiger partial charge in [-0.3, -0.25) is 4.79 Å². The second-order valence-corrected chi connectivity index (χ2v) is 4.46. The van der Waals surface area contributed by atoms with Crippen molar-refractivity contribution in [2.24, 2.45) is 0 Å². The summed E-state index contributed by atoms with van der Waals surface area (Å²) in [6.07, 6.45) is 0. The molecule has 22 heavy (non-hydrogen) atoms. The first kappa shape index (κ1) is 15.5. The number of hydrogen-bond donors (Lipinski definition) is 1. The van der Waals surface area contributed by atoms with Crippen molar-refractivity contribution in [1.29, 1.82) is 0 Å². The van der Waals surface area contributed by atoms with Gasteiger partial charge >= 0.3 is 11.6 Å². The average Bonchev–Trinajstić information content (AvgIpc) is 2.48. The Labute approximate surface area is 126 Å². The molecule has 1 aromatic heterocycles. The molecule has 0 aliphatic carbocycles. The van der Waals surface area contributed by atoms with Gasteiger partial charge < -0.3 is 14.3 Å². The van der Waals surface area contributed by atoms with E-state index in [-0.39, 0.29) is 23.5 Å². The minimum absolute atomic E-state index is 0.0205. The molecule has 0 aliphatic rings. The number of carbonyl (C=O) groups excluding carboxylic acids is 2. The van der Waals surface area contributed by atoms with Crippen molar-refractivity contribution >= 4 is 11.8 Å². The van der Waals surface area contributed by atoms with E-state index in [0.717, 1.165) is 0 Å². The van der Waals surface area contributed by atoms with Crippen molar-refractivity contribution in [3.8, 4) is 16.9 Å². The third kappa shape index (κ3) is 2.76. The van der Waals surface area contributed by atoms with E-state index >= 15 is 0 Å². The van der Waals surface area contributed by atoms with E-state index in [2.05, 4.69) is 4.74 Å². The largest absolute Gasteiger partial charge is 0.506 e. The predicted octanol–water partition coefficient (Wildman–Crippen LogP) is 2.07. The summed E-state index contributed by atoms with van der Waals surface area (Å²) in [5.74, 6) is -2.90. The first-order valence-corrected chi connectivity index (χ1v) is 6.60. The van der Waals surface area contributed by atoms with Gasteiger partial charge in [0.25, 0.3) is 5.78 Å². The Bertz CT molecular complexity index is 773. The third-order valence-electron chi connectivity index (χ3n) is 3.03. The van der Waals surface area contributed by atoms with Gasteiger partial charge in [-0.2, -0.15) is 0 Å². The van der Waals surface area contributed by atoms with Crippen LogP contribution in [-0.4, -0.2) is 23.5 Å². The Kier molecular flexibility index (Phi) is 4.41. The van der Waals surface area contributed by atoms with Crippen LogP contribution in [0.3, 0.4) is 0 Å². The van der Waals surface area contributed by atoms with Crippen LogP contribution in [0.25, 0.3) is 11.1 Å². The molecule has 6 heteroatoms. The smallest absolute Gasteiger partial charge is 0.379 e.